The molecule has 6 heteroatoms. The van der Waals surface area contributed by atoms with Crippen molar-refractivity contribution in [1.29, 1.82) is 0 Å². The molecule has 0 spiro atoms. The molecule has 0 unspecified atom stereocenters. The highest BCUT2D eigenvalue weighted by Crippen LogP contribution is 2.23. The molecule has 0 N–H and O–H groups in total. The molecule has 1 rings (SSSR count). The van der Waals surface area contributed by atoms with Gasteiger partial charge in [-0.05, 0) is 24.1 Å². The maximum Gasteiger partial charge on any atom is 0.232 e. The van der Waals surface area contributed by atoms with Gasteiger partial charge in [0, 0.05) is 16.7 Å². The molecule has 0 fully saturated rings. The second kappa shape index (κ2) is 5.41. The van der Waals surface area contributed by atoms with Gasteiger partial charge < -0.3 is 9.47 Å². The van der Waals surface area contributed by atoms with Crippen LogP contribution in [0.4, 0.5) is 0 Å². The Balaban J connectivity index is 2.87. The first kappa shape index (κ1) is 13.1. The van der Waals surface area contributed by atoms with Crippen LogP contribution in [0.1, 0.15) is 5.56 Å². The molecular weight excluding hydrogens is 252 g/mol. The zero-order valence-electron chi connectivity index (χ0n) is 9.07. The summed E-state index contributed by atoms with van der Waals surface area (Å²) in [5, 5.41) is 0. The van der Waals surface area contributed by atoms with Gasteiger partial charge in [-0.25, -0.2) is 8.42 Å². The largest absolute Gasteiger partial charge is 0.497 e. The van der Waals surface area contributed by atoms with E-state index in [1.165, 1.54) is 14.2 Å². The van der Waals surface area contributed by atoms with Crippen LogP contribution in [0.15, 0.2) is 18.2 Å². The summed E-state index contributed by atoms with van der Waals surface area (Å²) in [6, 6.07) is 5.23. The van der Waals surface area contributed by atoms with Gasteiger partial charge in [-0.1, -0.05) is 0 Å². The van der Waals surface area contributed by atoms with Gasteiger partial charge in [-0.15, -0.1) is 0 Å². The molecule has 0 heterocycles. The van der Waals surface area contributed by atoms with E-state index >= 15 is 0 Å². The Morgan fingerprint density at radius 2 is 1.62 bits per heavy atom. The highest BCUT2D eigenvalue weighted by atomic mass is 35.7. The molecule has 4 nitrogen and oxygen atoms in total. The van der Waals surface area contributed by atoms with E-state index < -0.39 is 9.05 Å². The molecule has 90 valence electrons. The zero-order chi connectivity index (χ0) is 12.2. The van der Waals surface area contributed by atoms with Gasteiger partial charge in [0.25, 0.3) is 0 Å². The molecular formula is C10H13ClO4S. The van der Waals surface area contributed by atoms with Gasteiger partial charge in [-0.2, -0.15) is 0 Å². The SMILES string of the molecule is COc1cc(CCS(=O)(=O)Cl)cc(OC)c1. The van der Waals surface area contributed by atoms with Crippen LogP contribution in [0.5, 0.6) is 11.5 Å². The first-order chi connectivity index (χ1) is 7.44. The smallest absolute Gasteiger partial charge is 0.232 e. The molecule has 16 heavy (non-hydrogen) atoms. The topological polar surface area (TPSA) is 52.6 Å². The van der Waals surface area contributed by atoms with Gasteiger partial charge in [0.1, 0.15) is 11.5 Å². The minimum atomic E-state index is -3.47. The molecule has 0 bridgehead atoms. The van der Waals surface area contributed by atoms with Crippen molar-refractivity contribution in [3.05, 3.63) is 23.8 Å². The molecule has 0 amide bonds. The summed E-state index contributed by atoms with van der Waals surface area (Å²) >= 11 is 0. The van der Waals surface area contributed by atoms with E-state index in [-0.39, 0.29) is 5.75 Å². The number of halogens is 1. The number of hydrogen-bond donors (Lipinski definition) is 0. The first-order valence-corrected chi connectivity index (χ1v) is 7.07. The van der Waals surface area contributed by atoms with Crippen molar-refractivity contribution in [2.75, 3.05) is 20.0 Å². The maximum atomic E-state index is 10.8. The Hall–Kier alpha value is -0.940. The lowest BCUT2D eigenvalue weighted by molar-refractivity contribution is 0.393. The summed E-state index contributed by atoms with van der Waals surface area (Å²) in [4.78, 5) is 0. The van der Waals surface area contributed by atoms with Crippen molar-refractivity contribution in [3.63, 3.8) is 0 Å². The number of rotatable bonds is 5. The summed E-state index contributed by atoms with van der Waals surface area (Å²) in [5.41, 5.74) is 0.806. The Kier molecular flexibility index (Phi) is 4.44. The van der Waals surface area contributed by atoms with Gasteiger partial charge in [0.15, 0.2) is 0 Å². The average molecular weight is 265 g/mol. The van der Waals surface area contributed by atoms with E-state index in [0.717, 1.165) is 5.56 Å². The molecule has 1 aromatic carbocycles. The third-order valence-corrected chi connectivity index (χ3v) is 3.20. The fraction of sp³-hybridized carbons (Fsp3) is 0.400. The lowest BCUT2D eigenvalue weighted by Crippen LogP contribution is -2.01. The standard InChI is InChI=1S/C10H13ClO4S/c1-14-9-5-8(3-4-16(11,12)13)6-10(7-9)15-2/h5-7H,3-4H2,1-2H3. The van der Waals surface area contributed by atoms with Gasteiger partial charge in [0.2, 0.25) is 9.05 Å². The van der Waals surface area contributed by atoms with Crippen molar-refractivity contribution in [2.45, 2.75) is 6.42 Å². The minimum Gasteiger partial charge on any atom is -0.497 e. The average Bonchev–Trinajstić information content (AvgIpc) is 2.25. The van der Waals surface area contributed by atoms with Gasteiger partial charge in [-0.3, -0.25) is 0 Å². The first-order valence-electron chi connectivity index (χ1n) is 4.59. The molecule has 0 aliphatic heterocycles. The van der Waals surface area contributed by atoms with E-state index in [9.17, 15) is 8.42 Å². The third kappa shape index (κ3) is 4.28. The van der Waals surface area contributed by atoms with Gasteiger partial charge >= 0.3 is 0 Å². The van der Waals surface area contributed by atoms with E-state index in [2.05, 4.69) is 0 Å². The summed E-state index contributed by atoms with van der Waals surface area (Å²) in [6.07, 6.45) is 0.333. The van der Waals surface area contributed by atoms with Crippen molar-refractivity contribution < 1.29 is 17.9 Å². The number of benzene rings is 1. The summed E-state index contributed by atoms with van der Waals surface area (Å²) in [5.74, 6) is 1.15. The van der Waals surface area contributed by atoms with E-state index in [1.54, 1.807) is 18.2 Å². The number of ether oxygens (including phenoxy) is 2. The molecule has 1 aromatic rings. The number of methoxy groups -OCH3 is 2. The van der Waals surface area contributed by atoms with Crippen LogP contribution in [0.25, 0.3) is 0 Å². The van der Waals surface area contributed by atoms with E-state index in [1.807, 2.05) is 0 Å². The van der Waals surface area contributed by atoms with Gasteiger partial charge in [0.05, 0.1) is 20.0 Å². The second-order valence-electron chi connectivity index (χ2n) is 3.21. The molecule has 0 atom stereocenters. The van der Waals surface area contributed by atoms with Crippen LogP contribution in [0.3, 0.4) is 0 Å². The summed E-state index contributed by atoms with van der Waals surface area (Å²) in [7, 11) is 4.75. The fourth-order valence-electron chi connectivity index (χ4n) is 1.25. The second-order valence-corrected chi connectivity index (χ2v) is 6.11. The van der Waals surface area contributed by atoms with Crippen molar-refractivity contribution >= 4 is 19.7 Å². The molecule has 0 radical (unpaired) electrons. The Labute approximate surface area is 99.6 Å². The lowest BCUT2D eigenvalue weighted by atomic mass is 10.1. The maximum absolute atomic E-state index is 10.8. The number of aryl methyl sites for hydroxylation is 1. The Morgan fingerprint density at radius 3 is 2.00 bits per heavy atom. The van der Waals surface area contributed by atoms with Crippen LogP contribution in [-0.4, -0.2) is 28.4 Å². The highest BCUT2D eigenvalue weighted by Gasteiger charge is 2.08. The minimum absolute atomic E-state index is 0.106. The van der Waals surface area contributed by atoms with Crippen molar-refractivity contribution in [3.8, 4) is 11.5 Å². The molecule has 0 saturated carbocycles. The quantitative estimate of drug-likeness (QED) is 0.761. The van der Waals surface area contributed by atoms with E-state index in [0.29, 0.717) is 17.9 Å². The third-order valence-electron chi connectivity index (χ3n) is 2.05. The zero-order valence-corrected chi connectivity index (χ0v) is 10.6. The van der Waals surface area contributed by atoms with Crippen LogP contribution < -0.4 is 9.47 Å². The molecule has 0 aliphatic carbocycles. The lowest BCUT2D eigenvalue weighted by Gasteiger charge is -2.07. The summed E-state index contributed by atoms with van der Waals surface area (Å²) < 4.78 is 31.8. The Bertz CT molecular complexity index is 434. The highest BCUT2D eigenvalue weighted by molar-refractivity contribution is 8.13. The van der Waals surface area contributed by atoms with E-state index in [4.69, 9.17) is 20.2 Å². The Morgan fingerprint density at radius 1 is 1.12 bits per heavy atom. The fourth-order valence-corrected chi connectivity index (χ4v) is 1.96. The normalized spacial score (nSPS) is 11.2. The number of hydrogen-bond acceptors (Lipinski definition) is 4. The molecule has 0 aliphatic rings. The summed E-state index contributed by atoms with van der Waals surface area (Å²) in [6.45, 7) is 0. The van der Waals surface area contributed by atoms with Crippen LogP contribution in [0.2, 0.25) is 0 Å². The predicted molar refractivity (Wildman–Crippen MR) is 62.9 cm³/mol. The predicted octanol–water partition coefficient (Wildman–Crippen LogP) is 1.81. The monoisotopic (exact) mass is 264 g/mol. The van der Waals surface area contributed by atoms with Crippen LogP contribution >= 0.6 is 10.7 Å². The van der Waals surface area contributed by atoms with Crippen LogP contribution in [-0.2, 0) is 15.5 Å². The van der Waals surface area contributed by atoms with Crippen molar-refractivity contribution in [1.82, 2.24) is 0 Å². The van der Waals surface area contributed by atoms with Crippen molar-refractivity contribution in [2.24, 2.45) is 0 Å². The van der Waals surface area contributed by atoms with Crippen LogP contribution in [0, 0.1) is 0 Å². The molecule has 0 aromatic heterocycles. The molecule has 0 saturated heterocycles.